The molecule has 0 aliphatic carbocycles. The molecule has 1 aliphatic rings. The van der Waals surface area contributed by atoms with Crippen molar-refractivity contribution in [3.8, 4) is 0 Å². The summed E-state index contributed by atoms with van der Waals surface area (Å²) in [6, 6.07) is 10.1. The van der Waals surface area contributed by atoms with Gasteiger partial charge in [0.25, 0.3) is 0 Å². The number of nitrogens with one attached hydrogen (secondary N) is 1. The molecular formula is C16H20N2O2. The van der Waals surface area contributed by atoms with Crippen LogP contribution in [0.15, 0.2) is 46.6 Å². The van der Waals surface area contributed by atoms with Crippen LogP contribution >= 0.6 is 0 Å². The summed E-state index contributed by atoms with van der Waals surface area (Å²) in [5.74, 6) is -0.271. The molecule has 4 nitrogen and oxygen atoms in total. The number of esters is 1. The molecule has 1 heterocycles. The number of aryl methyl sites for hydroxylation is 1. The summed E-state index contributed by atoms with van der Waals surface area (Å²) >= 11 is 0. The van der Waals surface area contributed by atoms with E-state index in [-0.39, 0.29) is 12.0 Å². The monoisotopic (exact) mass is 272 g/mol. The van der Waals surface area contributed by atoms with Gasteiger partial charge in [0.15, 0.2) is 0 Å². The van der Waals surface area contributed by atoms with E-state index in [1.807, 2.05) is 32.0 Å². The van der Waals surface area contributed by atoms with E-state index in [0.717, 1.165) is 18.5 Å². The van der Waals surface area contributed by atoms with Gasteiger partial charge in [-0.25, -0.2) is 4.79 Å². The van der Waals surface area contributed by atoms with Crippen LogP contribution in [0.4, 0.5) is 0 Å². The number of allylic oxidation sites excluding steroid dienone is 1. The van der Waals surface area contributed by atoms with Crippen molar-refractivity contribution in [1.82, 2.24) is 5.32 Å². The molecule has 20 heavy (non-hydrogen) atoms. The fourth-order valence-electron chi connectivity index (χ4n) is 2.29. The molecular weight excluding hydrogens is 252 g/mol. The van der Waals surface area contributed by atoms with Gasteiger partial charge in [0.05, 0.1) is 24.6 Å². The predicted octanol–water partition coefficient (Wildman–Crippen LogP) is 2.46. The lowest BCUT2D eigenvalue weighted by Gasteiger charge is -2.22. The van der Waals surface area contributed by atoms with Crippen molar-refractivity contribution in [1.29, 1.82) is 0 Å². The third-order valence-electron chi connectivity index (χ3n) is 3.32. The Bertz CT molecular complexity index is 521. The molecule has 1 aromatic rings. The highest BCUT2D eigenvalue weighted by Crippen LogP contribution is 2.20. The molecule has 0 aromatic heterocycles. The van der Waals surface area contributed by atoms with E-state index >= 15 is 0 Å². The Balaban J connectivity index is 2.06. The van der Waals surface area contributed by atoms with Crippen LogP contribution in [0.1, 0.15) is 25.8 Å². The molecule has 0 amide bonds. The molecule has 1 atom stereocenters. The number of hydrogen-bond donors (Lipinski definition) is 1. The molecule has 4 heteroatoms. The first-order valence-corrected chi connectivity index (χ1v) is 6.92. The molecule has 0 saturated carbocycles. The molecule has 0 saturated heterocycles. The van der Waals surface area contributed by atoms with Gasteiger partial charge in [0.1, 0.15) is 0 Å². The molecule has 0 spiro atoms. The summed E-state index contributed by atoms with van der Waals surface area (Å²) in [4.78, 5) is 16.4. The van der Waals surface area contributed by atoms with Crippen molar-refractivity contribution in [2.75, 3.05) is 6.61 Å². The first kappa shape index (κ1) is 14.3. The largest absolute Gasteiger partial charge is 0.463 e. The topological polar surface area (TPSA) is 50.7 Å². The van der Waals surface area contributed by atoms with Crippen molar-refractivity contribution in [2.24, 2.45) is 4.99 Å². The third-order valence-corrected chi connectivity index (χ3v) is 3.32. The van der Waals surface area contributed by atoms with E-state index in [4.69, 9.17) is 4.74 Å². The number of nitrogens with zero attached hydrogens (tertiary/aromatic N) is 1. The maximum absolute atomic E-state index is 12.0. The lowest BCUT2D eigenvalue weighted by Crippen LogP contribution is -2.30. The highest BCUT2D eigenvalue weighted by molar-refractivity contribution is 5.92. The number of ether oxygens (including phenoxy) is 1. The van der Waals surface area contributed by atoms with Crippen LogP contribution in [-0.2, 0) is 16.0 Å². The SMILES string of the molecule is CCOC(=O)C1=C(C)NC=NC1CCc1ccccc1. The third kappa shape index (κ3) is 3.47. The van der Waals surface area contributed by atoms with Gasteiger partial charge in [-0.3, -0.25) is 4.99 Å². The van der Waals surface area contributed by atoms with Crippen LogP contribution in [0.5, 0.6) is 0 Å². The Morgan fingerprint density at radius 1 is 1.35 bits per heavy atom. The zero-order chi connectivity index (χ0) is 14.4. The zero-order valence-electron chi connectivity index (χ0n) is 11.9. The van der Waals surface area contributed by atoms with Crippen molar-refractivity contribution >= 4 is 12.3 Å². The molecule has 1 aromatic carbocycles. The van der Waals surface area contributed by atoms with Crippen molar-refractivity contribution < 1.29 is 9.53 Å². The first-order chi connectivity index (χ1) is 9.72. The highest BCUT2D eigenvalue weighted by Gasteiger charge is 2.25. The molecule has 0 fully saturated rings. The molecule has 1 aliphatic heterocycles. The van der Waals surface area contributed by atoms with E-state index < -0.39 is 0 Å². The van der Waals surface area contributed by atoms with Gasteiger partial charge in [-0.15, -0.1) is 0 Å². The standard InChI is InChI=1S/C16H20N2O2/c1-3-20-16(19)15-12(2)17-11-18-14(15)10-9-13-7-5-4-6-8-13/h4-8,11,14H,3,9-10H2,1-2H3,(H,17,18). The minimum Gasteiger partial charge on any atom is -0.463 e. The molecule has 1 N–H and O–H groups in total. The number of rotatable bonds is 5. The van der Waals surface area contributed by atoms with E-state index in [0.29, 0.717) is 12.2 Å². The van der Waals surface area contributed by atoms with Gasteiger partial charge in [-0.05, 0) is 32.3 Å². The van der Waals surface area contributed by atoms with Crippen LogP contribution in [0.2, 0.25) is 0 Å². The second-order valence-corrected chi connectivity index (χ2v) is 4.72. The van der Waals surface area contributed by atoms with Crippen LogP contribution < -0.4 is 5.32 Å². The number of benzene rings is 1. The predicted molar refractivity (Wildman–Crippen MR) is 79.5 cm³/mol. The first-order valence-electron chi connectivity index (χ1n) is 6.92. The molecule has 2 rings (SSSR count). The maximum Gasteiger partial charge on any atom is 0.337 e. The molecule has 0 radical (unpaired) electrons. The second-order valence-electron chi connectivity index (χ2n) is 4.72. The van der Waals surface area contributed by atoms with Crippen LogP contribution in [0.3, 0.4) is 0 Å². The van der Waals surface area contributed by atoms with Gasteiger partial charge in [0, 0.05) is 5.70 Å². The van der Waals surface area contributed by atoms with E-state index in [2.05, 4.69) is 22.4 Å². The molecule has 1 unspecified atom stereocenters. The van der Waals surface area contributed by atoms with E-state index in [1.54, 1.807) is 6.34 Å². The molecule has 0 bridgehead atoms. The summed E-state index contributed by atoms with van der Waals surface area (Å²) < 4.78 is 5.12. The number of carbonyl (C=O) groups is 1. The quantitative estimate of drug-likeness (QED) is 0.838. The van der Waals surface area contributed by atoms with Gasteiger partial charge in [0.2, 0.25) is 0 Å². The van der Waals surface area contributed by atoms with E-state index in [1.165, 1.54) is 5.56 Å². The lowest BCUT2D eigenvalue weighted by atomic mass is 9.97. The summed E-state index contributed by atoms with van der Waals surface area (Å²) in [5, 5.41) is 2.99. The summed E-state index contributed by atoms with van der Waals surface area (Å²) in [5.41, 5.74) is 2.73. The normalized spacial score (nSPS) is 17.8. The number of hydrogen-bond acceptors (Lipinski definition) is 4. The average molecular weight is 272 g/mol. The lowest BCUT2D eigenvalue weighted by molar-refractivity contribution is -0.138. The molecule has 106 valence electrons. The van der Waals surface area contributed by atoms with Crippen molar-refractivity contribution in [2.45, 2.75) is 32.7 Å². The Morgan fingerprint density at radius 2 is 2.10 bits per heavy atom. The Labute approximate surface area is 119 Å². The van der Waals surface area contributed by atoms with Gasteiger partial charge in [-0.1, -0.05) is 30.3 Å². The minimum atomic E-state index is -0.271. The second kappa shape index (κ2) is 6.89. The van der Waals surface area contributed by atoms with Gasteiger partial charge in [-0.2, -0.15) is 0 Å². The Kier molecular flexibility index (Phi) is 4.93. The maximum atomic E-state index is 12.0. The smallest absolute Gasteiger partial charge is 0.337 e. The zero-order valence-corrected chi connectivity index (χ0v) is 11.9. The fourth-order valence-corrected chi connectivity index (χ4v) is 2.29. The summed E-state index contributed by atoms with van der Waals surface area (Å²) in [7, 11) is 0. The van der Waals surface area contributed by atoms with Crippen LogP contribution in [0, 0.1) is 0 Å². The summed E-state index contributed by atoms with van der Waals surface area (Å²) in [6.45, 7) is 4.07. The number of aliphatic imine (C=N–C) groups is 1. The van der Waals surface area contributed by atoms with Crippen LogP contribution in [-0.4, -0.2) is 25.0 Å². The van der Waals surface area contributed by atoms with Gasteiger partial charge < -0.3 is 10.1 Å². The fraction of sp³-hybridized carbons (Fsp3) is 0.375. The van der Waals surface area contributed by atoms with Crippen LogP contribution in [0.25, 0.3) is 0 Å². The minimum absolute atomic E-state index is 0.129. The highest BCUT2D eigenvalue weighted by atomic mass is 16.5. The Morgan fingerprint density at radius 3 is 2.80 bits per heavy atom. The Hall–Kier alpha value is -2.10. The van der Waals surface area contributed by atoms with Crippen molar-refractivity contribution in [3.05, 3.63) is 47.2 Å². The van der Waals surface area contributed by atoms with Gasteiger partial charge >= 0.3 is 5.97 Å². The number of carbonyl (C=O) groups excluding carboxylic acids is 1. The van der Waals surface area contributed by atoms with E-state index in [9.17, 15) is 4.79 Å². The summed E-state index contributed by atoms with van der Waals surface area (Å²) in [6.07, 6.45) is 3.35. The average Bonchev–Trinajstić information content (AvgIpc) is 2.46. The van der Waals surface area contributed by atoms with Crippen molar-refractivity contribution in [3.63, 3.8) is 0 Å².